The van der Waals surface area contributed by atoms with Crippen LogP contribution in [0, 0.1) is 0 Å². The number of anilines is 3. The first-order chi connectivity index (χ1) is 25.1. The molecule has 1 aromatic heterocycles. The van der Waals surface area contributed by atoms with Gasteiger partial charge in [0.05, 0.1) is 11.4 Å². The second kappa shape index (κ2) is 11.6. The lowest BCUT2D eigenvalue weighted by Crippen LogP contribution is -2.16. The van der Waals surface area contributed by atoms with Crippen LogP contribution in [0.15, 0.2) is 176 Å². The molecule has 0 atom stereocenters. The Morgan fingerprint density at radius 2 is 1.08 bits per heavy atom. The summed E-state index contributed by atoms with van der Waals surface area (Å²) in [6.07, 6.45) is 0. The molecule has 8 aromatic carbocycles. The average Bonchev–Trinajstić information content (AvgIpc) is 3.66. The van der Waals surface area contributed by atoms with E-state index in [0.29, 0.717) is 0 Å². The summed E-state index contributed by atoms with van der Waals surface area (Å²) in [7, 11) is 0. The smallest absolute Gasteiger partial charge is 0.0621 e. The Kier molecular flexibility index (Phi) is 6.78. The van der Waals surface area contributed by atoms with Gasteiger partial charge in [-0.1, -0.05) is 159 Å². The molecule has 1 nitrogen and oxygen atoms in total. The van der Waals surface area contributed by atoms with Gasteiger partial charge in [0.25, 0.3) is 0 Å². The number of fused-ring (bicyclic) bond motifs is 7. The molecule has 9 aromatic rings. The van der Waals surface area contributed by atoms with E-state index in [1.807, 2.05) is 11.3 Å². The zero-order valence-electron chi connectivity index (χ0n) is 28.6. The van der Waals surface area contributed by atoms with Crippen LogP contribution in [0.2, 0.25) is 0 Å². The molecular weight excluding hydrogens is 635 g/mol. The minimum absolute atomic E-state index is 0.148. The van der Waals surface area contributed by atoms with Crippen molar-refractivity contribution in [2.45, 2.75) is 19.3 Å². The van der Waals surface area contributed by atoms with Crippen LogP contribution in [0.3, 0.4) is 0 Å². The molecule has 0 saturated heterocycles. The van der Waals surface area contributed by atoms with Gasteiger partial charge in [0.1, 0.15) is 0 Å². The van der Waals surface area contributed by atoms with Gasteiger partial charge >= 0.3 is 0 Å². The van der Waals surface area contributed by atoms with Gasteiger partial charge in [-0.2, -0.15) is 0 Å². The predicted molar refractivity (Wildman–Crippen MR) is 220 cm³/mol. The van der Waals surface area contributed by atoms with Gasteiger partial charge < -0.3 is 4.90 Å². The van der Waals surface area contributed by atoms with Crippen LogP contribution in [-0.2, 0) is 5.41 Å². The van der Waals surface area contributed by atoms with Gasteiger partial charge in [0.2, 0.25) is 0 Å². The monoisotopic (exact) mass is 669 g/mol. The van der Waals surface area contributed by atoms with Crippen LogP contribution in [0.5, 0.6) is 0 Å². The quantitative estimate of drug-likeness (QED) is 0.176. The lowest BCUT2D eigenvalue weighted by Gasteiger charge is -2.32. The Balaban J connectivity index is 1.33. The number of thiophene rings is 1. The number of nitrogens with zero attached hydrogens (tertiary/aromatic N) is 1. The van der Waals surface area contributed by atoms with Gasteiger partial charge in [-0.15, -0.1) is 11.3 Å². The fraction of sp³-hybridized carbons (Fsp3) is 0.0612. The third-order valence-electron chi connectivity index (χ3n) is 10.9. The number of benzene rings is 8. The fourth-order valence-corrected chi connectivity index (χ4v) is 9.58. The highest BCUT2D eigenvalue weighted by atomic mass is 32.1. The van der Waals surface area contributed by atoms with Crippen molar-refractivity contribution in [3.05, 3.63) is 187 Å². The molecule has 0 unspecified atom stereocenters. The van der Waals surface area contributed by atoms with E-state index in [1.54, 1.807) is 0 Å². The summed E-state index contributed by atoms with van der Waals surface area (Å²) in [4.78, 5) is 2.57. The third-order valence-corrected chi connectivity index (χ3v) is 12.0. The van der Waals surface area contributed by atoms with Crippen LogP contribution in [0.1, 0.15) is 25.0 Å². The standard InChI is InChI=1S/C49H35NS/c1-49(2)42-25-13-10-24-41(42)47-43(49)30-33-18-6-7-20-36(33)48(47)50(34-28-29-40-39-23-12-15-27-45(39)51-46(40)31-34)44-26-14-11-22-38(44)37-21-9-8-19-35(37)32-16-4-3-5-17-32/h3-31H,1-2H3. The van der Waals surface area contributed by atoms with E-state index < -0.39 is 0 Å². The van der Waals surface area contributed by atoms with Crippen molar-refractivity contribution < 1.29 is 0 Å². The van der Waals surface area contributed by atoms with Crippen molar-refractivity contribution in [2.75, 3.05) is 4.90 Å². The van der Waals surface area contributed by atoms with Gasteiger partial charge in [-0.05, 0) is 69.1 Å². The maximum atomic E-state index is 2.57. The summed E-state index contributed by atoms with van der Waals surface area (Å²) in [6.45, 7) is 4.77. The van der Waals surface area contributed by atoms with E-state index in [2.05, 4.69) is 195 Å². The Hall–Kier alpha value is -5.96. The van der Waals surface area contributed by atoms with E-state index >= 15 is 0 Å². The summed E-state index contributed by atoms with van der Waals surface area (Å²) in [5.41, 5.74) is 13.6. The maximum absolute atomic E-state index is 2.57. The summed E-state index contributed by atoms with van der Waals surface area (Å²) < 4.78 is 2.61. The first-order valence-electron chi connectivity index (χ1n) is 17.7. The molecule has 0 N–H and O–H groups in total. The second-order valence-electron chi connectivity index (χ2n) is 14.1. The van der Waals surface area contributed by atoms with E-state index in [0.717, 1.165) is 11.4 Å². The van der Waals surface area contributed by atoms with Crippen molar-refractivity contribution in [1.82, 2.24) is 0 Å². The largest absolute Gasteiger partial charge is 0.309 e. The van der Waals surface area contributed by atoms with Crippen LogP contribution >= 0.6 is 11.3 Å². The topological polar surface area (TPSA) is 3.24 Å². The van der Waals surface area contributed by atoms with E-state index in [4.69, 9.17) is 0 Å². The Bertz CT molecular complexity index is 2790. The highest BCUT2D eigenvalue weighted by molar-refractivity contribution is 7.25. The molecule has 0 saturated carbocycles. The summed E-state index contributed by atoms with van der Waals surface area (Å²) in [6, 6.07) is 64.9. The number of para-hydroxylation sites is 1. The first kappa shape index (κ1) is 29.9. The molecule has 0 fully saturated rings. The van der Waals surface area contributed by atoms with Gasteiger partial charge in [-0.25, -0.2) is 0 Å². The van der Waals surface area contributed by atoms with Crippen molar-refractivity contribution in [3.63, 3.8) is 0 Å². The zero-order valence-corrected chi connectivity index (χ0v) is 29.4. The molecule has 0 aliphatic heterocycles. The van der Waals surface area contributed by atoms with E-state index in [9.17, 15) is 0 Å². The maximum Gasteiger partial charge on any atom is 0.0621 e. The fourth-order valence-electron chi connectivity index (χ4n) is 8.44. The predicted octanol–water partition coefficient (Wildman–Crippen LogP) is 14.3. The first-order valence-corrected chi connectivity index (χ1v) is 18.5. The van der Waals surface area contributed by atoms with Crippen molar-refractivity contribution in [3.8, 4) is 33.4 Å². The normalized spacial score (nSPS) is 13.1. The highest BCUT2D eigenvalue weighted by Crippen LogP contribution is 2.57. The minimum atomic E-state index is -0.148. The van der Waals surface area contributed by atoms with E-state index in [-0.39, 0.29) is 5.41 Å². The Morgan fingerprint density at radius 3 is 1.92 bits per heavy atom. The molecule has 0 amide bonds. The third kappa shape index (κ3) is 4.60. The molecule has 0 bridgehead atoms. The van der Waals surface area contributed by atoms with Crippen molar-refractivity contribution in [1.29, 1.82) is 0 Å². The molecule has 1 heterocycles. The molecule has 1 aliphatic carbocycles. The van der Waals surface area contributed by atoms with Crippen molar-refractivity contribution >= 4 is 59.3 Å². The summed E-state index contributed by atoms with van der Waals surface area (Å²) >= 11 is 1.87. The van der Waals surface area contributed by atoms with Gasteiger partial charge in [-0.3, -0.25) is 0 Å². The van der Waals surface area contributed by atoms with Crippen molar-refractivity contribution in [2.24, 2.45) is 0 Å². The van der Waals surface area contributed by atoms with Gasteiger partial charge in [0.15, 0.2) is 0 Å². The Labute approximate surface area is 302 Å². The van der Waals surface area contributed by atoms with Crippen LogP contribution in [0.25, 0.3) is 64.3 Å². The summed E-state index contributed by atoms with van der Waals surface area (Å²) in [5.74, 6) is 0. The average molecular weight is 670 g/mol. The molecule has 2 heteroatoms. The van der Waals surface area contributed by atoms with Crippen LogP contribution in [-0.4, -0.2) is 0 Å². The molecular formula is C49H35NS. The van der Waals surface area contributed by atoms with E-state index in [1.165, 1.54) is 81.1 Å². The summed E-state index contributed by atoms with van der Waals surface area (Å²) in [5, 5.41) is 5.11. The van der Waals surface area contributed by atoms with Gasteiger partial charge in [0, 0.05) is 47.8 Å². The minimum Gasteiger partial charge on any atom is -0.309 e. The number of hydrogen-bond acceptors (Lipinski definition) is 2. The van der Waals surface area contributed by atoms with Crippen LogP contribution in [0.4, 0.5) is 17.1 Å². The molecule has 51 heavy (non-hydrogen) atoms. The molecule has 0 spiro atoms. The number of hydrogen-bond donors (Lipinski definition) is 0. The molecule has 242 valence electrons. The molecule has 1 aliphatic rings. The molecule has 10 rings (SSSR count). The zero-order chi connectivity index (χ0) is 34.1. The highest BCUT2D eigenvalue weighted by Gasteiger charge is 2.39. The SMILES string of the molecule is CC1(C)c2ccccc2-c2c1cc1ccccc1c2N(c1ccc2c(c1)sc1ccccc12)c1ccccc1-c1ccccc1-c1ccccc1. The number of rotatable bonds is 5. The Morgan fingerprint density at radius 1 is 0.451 bits per heavy atom. The second-order valence-corrected chi connectivity index (χ2v) is 15.2. The van der Waals surface area contributed by atoms with Crippen LogP contribution < -0.4 is 4.90 Å². The molecule has 0 radical (unpaired) electrons. The lowest BCUT2D eigenvalue weighted by atomic mass is 9.81. The lowest BCUT2D eigenvalue weighted by molar-refractivity contribution is 0.661.